The van der Waals surface area contributed by atoms with Crippen LogP contribution in [0.3, 0.4) is 0 Å². The Morgan fingerprint density at radius 1 is 1.03 bits per heavy atom. The number of aromatic nitrogens is 1. The van der Waals surface area contributed by atoms with E-state index in [1.54, 1.807) is 42.5 Å². The molecule has 0 atom stereocenters. The molecule has 1 aliphatic rings. The molecule has 0 saturated heterocycles. The molecular weight excluding hydrogens is 454 g/mol. The number of nitrogens with one attached hydrogen (secondary N) is 2. The fourth-order valence-electron chi connectivity index (χ4n) is 3.17. The number of benzene rings is 2. The molecule has 0 fully saturated rings. The number of hydrogen-bond acceptors (Lipinski definition) is 8. The Hall–Kier alpha value is -4.23. The summed E-state index contributed by atoms with van der Waals surface area (Å²) in [7, 11) is 0. The minimum absolute atomic E-state index is 0.00881. The molecule has 0 spiro atoms. The molecule has 34 heavy (non-hydrogen) atoms. The van der Waals surface area contributed by atoms with E-state index in [-0.39, 0.29) is 33.6 Å². The van der Waals surface area contributed by atoms with E-state index in [1.807, 2.05) is 12.1 Å². The van der Waals surface area contributed by atoms with Gasteiger partial charge in [0, 0.05) is 23.9 Å². The molecule has 4 N–H and O–H groups in total. The molecule has 3 aromatic rings. The lowest BCUT2D eigenvalue weighted by atomic mass is 10.2. The maximum absolute atomic E-state index is 12.6. The predicted octanol–water partition coefficient (Wildman–Crippen LogP) is 3.68. The Balaban J connectivity index is 1.41. The van der Waals surface area contributed by atoms with Crippen LogP contribution in [0.4, 0.5) is 17.2 Å². The van der Waals surface area contributed by atoms with Crippen molar-refractivity contribution in [2.75, 3.05) is 35.3 Å². The lowest BCUT2D eigenvalue weighted by Gasteiger charge is -2.11. The Morgan fingerprint density at radius 3 is 2.56 bits per heavy atom. The van der Waals surface area contributed by atoms with Crippen molar-refractivity contribution in [1.82, 2.24) is 4.98 Å². The molecule has 0 aliphatic carbocycles. The number of thioether (sulfide) groups is 1. The van der Waals surface area contributed by atoms with Crippen molar-refractivity contribution >= 4 is 40.8 Å². The SMILES string of the molecule is N#Cc1cc(C(=O)Nc2ccccc2)c(N)nc1SCC(=O)Nc1ccc2c(c1)OCCCO2. The lowest BCUT2D eigenvalue weighted by Crippen LogP contribution is -2.17. The summed E-state index contributed by atoms with van der Waals surface area (Å²) in [4.78, 5) is 29.2. The quantitative estimate of drug-likeness (QED) is 0.459. The maximum Gasteiger partial charge on any atom is 0.259 e. The number of nitrogens with two attached hydrogens (primary N) is 1. The van der Waals surface area contributed by atoms with Gasteiger partial charge in [0.25, 0.3) is 5.91 Å². The highest BCUT2D eigenvalue weighted by atomic mass is 32.2. The van der Waals surface area contributed by atoms with E-state index in [0.717, 1.165) is 18.2 Å². The minimum Gasteiger partial charge on any atom is -0.490 e. The van der Waals surface area contributed by atoms with Crippen molar-refractivity contribution in [3.63, 3.8) is 0 Å². The molecule has 2 aromatic carbocycles. The molecule has 172 valence electrons. The van der Waals surface area contributed by atoms with Crippen LogP contribution in [0.1, 0.15) is 22.3 Å². The topological polar surface area (TPSA) is 139 Å². The van der Waals surface area contributed by atoms with Crippen LogP contribution in [-0.4, -0.2) is 35.8 Å². The number of amides is 2. The van der Waals surface area contributed by atoms with Gasteiger partial charge in [0.1, 0.15) is 16.9 Å². The first-order valence-electron chi connectivity index (χ1n) is 10.4. The second-order valence-corrected chi connectivity index (χ2v) is 8.22. The number of hydrogen-bond donors (Lipinski definition) is 3. The van der Waals surface area contributed by atoms with Crippen molar-refractivity contribution in [2.24, 2.45) is 0 Å². The predicted molar refractivity (Wildman–Crippen MR) is 129 cm³/mol. The Labute approximate surface area is 200 Å². The molecule has 9 nitrogen and oxygen atoms in total. The molecule has 2 amide bonds. The Bertz CT molecular complexity index is 1260. The number of carbonyl (C=O) groups is 2. The van der Waals surface area contributed by atoms with Gasteiger partial charge < -0.3 is 25.8 Å². The first-order valence-corrected chi connectivity index (χ1v) is 11.4. The largest absolute Gasteiger partial charge is 0.490 e. The van der Waals surface area contributed by atoms with Crippen molar-refractivity contribution < 1.29 is 19.1 Å². The monoisotopic (exact) mass is 475 g/mol. The van der Waals surface area contributed by atoms with Crippen LogP contribution < -0.4 is 25.8 Å². The summed E-state index contributed by atoms with van der Waals surface area (Å²) in [5.74, 6) is 0.405. The number of rotatable bonds is 6. The number of anilines is 3. The number of nitriles is 1. The van der Waals surface area contributed by atoms with Gasteiger partial charge in [-0.3, -0.25) is 9.59 Å². The lowest BCUT2D eigenvalue weighted by molar-refractivity contribution is -0.113. The molecule has 0 saturated carbocycles. The van der Waals surface area contributed by atoms with Crippen LogP contribution in [0, 0.1) is 11.3 Å². The van der Waals surface area contributed by atoms with Gasteiger partial charge in [0.2, 0.25) is 5.91 Å². The van der Waals surface area contributed by atoms with Gasteiger partial charge in [-0.05, 0) is 30.3 Å². The van der Waals surface area contributed by atoms with Crippen molar-refractivity contribution in [3.05, 3.63) is 65.7 Å². The highest BCUT2D eigenvalue weighted by molar-refractivity contribution is 8.00. The molecule has 2 heterocycles. The van der Waals surface area contributed by atoms with Gasteiger partial charge in [0.05, 0.1) is 30.1 Å². The van der Waals surface area contributed by atoms with Crippen LogP contribution in [0.2, 0.25) is 0 Å². The number of para-hydroxylation sites is 1. The van der Waals surface area contributed by atoms with Gasteiger partial charge in [-0.25, -0.2) is 4.98 Å². The summed E-state index contributed by atoms with van der Waals surface area (Å²) in [5.41, 5.74) is 7.38. The highest BCUT2D eigenvalue weighted by Gasteiger charge is 2.18. The number of ether oxygens (including phenoxy) is 2. The summed E-state index contributed by atoms with van der Waals surface area (Å²) in [6, 6.07) is 17.5. The van der Waals surface area contributed by atoms with Gasteiger partial charge in [0.15, 0.2) is 11.5 Å². The first kappa shape index (κ1) is 22.9. The molecule has 1 aliphatic heterocycles. The van der Waals surface area contributed by atoms with Crippen molar-refractivity contribution in [1.29, 1.82) is 5.26 Å². The summed E-state index contributed by atoms with van der Waals surface area (Å²) >= 11 is 1.06. The van der Waals surface area contributed by atoms with Gasteiger partial charge >= 0.3 is 0 Å². The Morgan fingerprint density at radius 2 is 1.79 bits per heavy atom. The normalized spacial score (nSPS) is 12.2. The zero-order valence-corrected chi connectivity index (χ0v) is 18.9. The van der Waals surface area contributed by atoms with Gasteiger partial charge in [-0.1, -0.05) is 30.0 Å². The molecule has 10 heteroatoms. The standard InChI is InChI=1S/C24H21N5O4S/c25-13-15-11-18(23(31)28-16-5-2-1-3-6-16)22(26)29-24(15)34-14-21(30)27-17-7-8-19-20(12-17)33-10-4-9-32-19/h1-3,5-8,11-12H,4,9-10,14H2,(H2,26,29)(H,27,30)(H,28,31). The van der Waals surface area contributed by atoms with E-state index in [2.05, 4.69) is 15.6 Å². The minimum atomic E-state index is -0.476. The Kier molecular flexibility index (Phi) is 7.15. The average molecular weight is 476 g/mol. The molecule has 0 unspecified atom stereocenters. The fourth-order valence-corrected chi connectivity index (χ4v) is 3.94. The van der Waals surface area contributed by atoms with Crippen LogP contribution in [-0.2, 0) is 4.79 Å². The third-order valence-electron chi connectivity index (χ3n) is 4.79. The summed E-state index contributed by atoms with van der Waals surface area (Å²) < 4.78 is 11.2. The van der Waals surface area contributed by atoms with Crippen LogP contribution in [0.15, 0.2) is 59.6 Å². The molecule has 1 aromatic heterocycles. The highest BCUT2D eigenvalue weighted by Crippen LogP contribution is 2.32. The van der Waals surface area contributed by atoms with Crippen LogP contribution in [0.5, 0.6) is 11.5 Å². The number of fused-ring (bicyclic) bond motifs is 1. The van der Waals surface area contributed by atoms with E-state index in [0.29, 0.717) is 36.1 Å². The number of pyridine rings is 1. The van der Waals surface area contributed by atoms with E-state index in [1.165, 1.54) is 6.07 Å². The second-order valence-electron chi connectivity index (χ2n) is 7.25. The molecule has 0 bridgehead atoms. The number of nitrogens with zero attached hydrogens (tertiary/aromatic N) is 2. The van der Waals surface area contributed by atoms with E-state index < -0.39 is 5.91 Å². The second kappa shape index (κ2) is 10.6. The van der Waals surface area contributed by atoms with E-state index >= 15 is 0 Å². The maximum atomic E-state index is 12.6. The van der Waals surface area contributed by atoms with E-state index in [4.69, 9.17) is 15.2 Å². The van der Waals surface area contributed by atoms with Crippen LogP contribution in [0.25, 0.3) is 0 Å². The van der Waals surface area contributed by atoms with Crippen molar-refractivity contribution in [2.45, 2.75) is 11.4 Å². The molecular formula is C24H21N5O4S. The summed E-state index contributed by atoms with van der Waals surface area (Å²) in [6.07, 6.45) is 0.789. The fraction of sp³-hybridized carbons (Fsp3) is 0.167. The smallest absolute Gasteiger partial charge is 0.259 e. The van der Waals surface area contributed by atoms with Gasteiger partial charge in [-0.2, -0.15) is 5.26 Å². The first-order chi connectivity index (χ1) is 16.5. The van der Waals surface area contributed by atoms with E-state index in [9.17, 15) is 14.9 Å². The summed E-state index contributed by atoms with van der Waals surface area (Å²) in [6.45, 7) is 1.13. The number of carbonyl (C=O) groups excluding carboxylic acids is 2. The summed E-state index contributed by atoms with van der Waals surface area (Å²) in [5, 5.41) is 15.3. The average Bonchev–Trinajstić information content (AvgIpc) is 3.08. The zero-order valence-electron chi connectivity index (χ0n) is 18.0. The molecule has 4 rings (SSSR count). The molecule has 0 radical (unpaired) electrons. The van der Waals surface area contributed by atoms with Crippen LogP contribution >= 0.6 is 11.8 Å². The van der Waals surface area contributed by atoms with Crippen molar-refractivity contribution in [3.8, 4) is 17.6 Å². The third kappa shape index (κ3) is 5.57. The van der Waals surface area contributed by atoms with Gasteiger partial charge in [-0.15, -0.1) is 0 Å². The number of nitrogen functional groups attached to an aromatic ring is 1. The third-order valence-corrected chi connectivity index (χ3v) is 5.78. The zero-order chi connectivity index (χ0) is 23.9.